The molecule has 3 rings (SSSR count). The first-order valence-corrected chi connectivity index (χ1v) is 12.3. The van der Waals surface area contributed by atoms with E-state index in [-0.39, 0.29) is 48.6 Å². The van der Waals surface area contributed by atoms with E-state index < -0.39 is 16.1 Å². The second-order valence-electron chi connectivity index (χ2n) is 7.07. The topological polar surface area (TPSA) is 96.0 Å². The van der Waals surface area contributed by atoms with Gasteiger partial charge in [0.05, 0.1) is 23.9 Å². The molecule has 1 N–H and O–H groups in total. The Morgan fingerprint density at radius 2 is 1.77 bits per heavy atom. The number of carbonyl (C=O) groups is 2. The minimum atomic E-state index is -3.62. The number of nitrogens with one attached hydrogen (secondary N) is 1. The molecule has 1 aliphatic heterocycles. The molecule has 0 spiro atoms. The molecule has 1 fully saturated rings. The third-order valence-corrected chi connectivity index (χ3v) is 8.61. The van der Waals surface area contributed by atoms with Crippen molar-refractivity contribution in [2.75, 3.05) is 33.3 Å². The summed E-state index contributed by atoms with van der Waals surface area (Å²) in [7, 11) is -2.05. The number of rotatable bonds is 7. The molecule has 11 heteroatoms. The van der Waals surface area contributed by atoms with Gasteiger partial charge in [-0.25, -0.2) is 8.42 Å². The van der Waals surface area contributed by atoms with Crippen molar-refractivity contribution in [3.8, 4) is 5.75 Å². The summed E-state index contributed by atoms with van der Waals surface area (Å²) in [6, 6.07) is 9.73. The minimum absolute atomic E-state index is 0.0825. The van der Waals surface area contributed by atoms with Crippen LogP contribution in [0.2, 0.25) is 4.34 Å². The standard InChI is InChI=1S/C20H24ClN3O5S2/c1-14(25)22-17(15-3-5-16(29-2)6-4-15)13-19(26)23-9-11-24(12-10-23)31(27,28)20-8-7-18(21)30-20/h3-8,17H,9-13H2,1-2H3,(H,22,25)/t17-/m1/s1. The van der Waals surface area contributed by atoms with Gasteiger partial charge in [0.2, 0.25) is 11.8 Å². The number of hydrogen-bond donors (Lipinski definition) is 1. The molecule has 1 aromatic heterocycles. The zero-order valence-electron chi connectivity index (χ0n) is 17.2. The van der Waals surface area contributed by atoms with Gasteiger partial charge in [0.25, 0.3) is 10.0 Å². The van der Waals surface area contributed by atoms with Gasteiger partial charge in [0, 0.05) is 33.1 Å². The number of thiophene rings is 1. The van der Waals surface area contributed by atoms with Crippen LogP contribution in [0.4, 0.5) is 0 Å². The second-order valence-corrected chi connectivity index (χ2v) is 11.0. The fourth-order valence-corrected chi connectivity index (χ4v) is 6.44. The molecule has 0 aliphatic carbocycles. The molecule has 168 valence electrons. The number of hydrogen-bond acceptors (Lipinski definition) is 6. The fraction of sp³-hybridized carbons (Fsp3) is 0.400. The lowest BCUT2D eigenvalue weighted by Crippen LogP contribution is -2.50. The Labute approximate surface area is 190 Å². The number of piperazine rings is 1. The number of halogens is 1. The largest absolute Gasteiger partial charge is 0.497 e. The van der Waals surface area contributed by atoms with Crippen LogP contribution in [0, 0.1) is 0 Å². The molecule has 1 saturated heterocycles. The van der Waals surface area contributed by atoms with Crippen LogP contribution in [-0.2, 0) is 19.6 Å². The Kier molecular flexibility index (Phi) is 7.58. The number of methoxy groups -OCH3 is 1. The average Bonchev–Trinajstić information content (AvgIpc) is 3.20. The Bertz CT molecular complexity index is 1030. The average molecular weight is 486 g/mol. The molecule has 8 nitrogen and oxygen atoms in total. The number of nitrogens with zero attached hydrogens (tertiary/aromatic N) is 2. The smallest absolute Gasteiger partial charge is 0.252 e. The lowest BCUT2D eigenvalue weighted by Gasteiger charge is -2.34. The Hall–Kier alpha value is -2.14. The van der Waals surface area contributed by atoms with Crippen molar-refractivity contribution in [2.45, 2.75) is 23.6 Å². The Balaban J connectivity index is 1.63. The van der Waals surface area contributed by atoms with Crippen molar-refractivity contribution in [3.05, 3.63) is 46.3 Å². The maximum absolute atomic E-state index is 12.9. The number of carbonyl (C=O) groups excluding carboxylic acids is 2. The number of benzene rings is 1. The predicted molar refractivity (Wildman–Crippen MR) is 119 cm³/mol. The SMILES string of the molecule is COc1ccc([C@@H](CC(=O)N2CCN(S(=O)(=O)c3ccc(Cl)s3)CC2)NC(C)=O)cc1. The molecule has 2 heterocycles. The molecular weight excluding hydrogens is 462 g/mol. The van der Waals surface area contributed by atoms with Gasteiger partial charge in [-0.05, 0) is 29.8 Å². The highest BCUT2D eigenvalue weighted by Crippen LogP contribution is 2.29. The molecule has 2 aromatic rings. The summed E-state index contributed by atoms with van der Waals surface area (Å²) < 4.78 is 32.6. The van der Waals surface area contributed by atoms with Crippen LogP contribution in [0.3, 0.4) is 0 Å². The molecular formula is C20H24ClN3O5S2. The summed E-state index contributed by atoms with van der Waals surface area (Å²) in [5.41, 5.74) is 0.792. The van der Waals surface area contributed by atoms with Crippen LogP contribution in [-0.4, -0.2) is 62.7 Å². The van der Waals surface area contributed by atoms with Gasteiger partial charge >= 0.3 is 0 Å². The molecule has 31 heavy (non-hydrogen) atoms. The van der Waals surface area contributed by atoms with E-state index in [0.29, 0.717) is 10.1 Å². The van der Waals surface area contributed by atoms with Crippen LogP contribution >= 0.6 is 22.9 Å². The fourth-order valence-electron chi connectivity index (χ4n) is 3.38. The van der Waals surface area contributed by atoms with E-state index >= 15 is 0 Å². The molecule has 0 saturated carbocycles. The molecule has 0 radical (unpaired) electrons. The van der Waals surface area contributed by atoms with E-state index in [9.17, 15) is 18.0 Å². The highest BCUT2D eigenvalue weighted by atomic mass is 35.5. The zero-order valence-corrected chi connectivity index (χ0v) is 19.6. The predicted octanol–water partition coefficient (Wildman–Crippen LogP) is 2.51. The van der Waals surface area contributed by atoms with Crippen LogP contribution in [0.1, 0.15) is 24.9 Å². The summed E-state index contributed by atoms with van der Waals surface area (Å²) in [5, 5.41) is 2.82. The molecule has 0 bridgehead atoms. The van der Waals surface area contributed by atoms with Crippen LogP contribution in [0.25, 0.3) is 0 Å². The summed E-state index contributed by atoms with van der Waals surface area (Å²) >= 11 is 6.88. The lowest BCUT2D eigenvalue weighted by atomic mass is 10.0. The molecule has 1 aliphatic rings. The van der Waals surface area contributed by atoms with E-state index in [1.165, 1.54) is 17.3 Å². The first kappa shape index (κ1) is 23.5. The van der Waals surface area contributed by atoms with Crippen molar-refractivity contribution in [1.82, 2.24) is 14.5 Å². The minimum Gasteiger partial charge on any atom is -0.497 e. The Morgan fingerprint density at radius 3 is 2.29 bits per heavy atom. The molecule has 1 atom stereocenters. The van der Waals surface area contributed by atoms with Crippen molar-refractivity contribution in [1.29, 1.82) is 0 Å². The van der Waals surface area contributed by atoms with Crippen LogP contribution in [0.15, 0.2) is 40.6 Å². The van der Waals surface area contributed by atoms with Gasteiger partial charge in [0.15, 0.2) is 0 Å². The van der Waals surface area contributed by atoms with E-state index in [2.05, 4.69) is 5.32 Å². The number of sulfonamides is 1. The monoisotopic (exact) mass is 485 g/mol. The van der Waals surface area contributed by atoms with Gasteiger partial charge in [0.1, 0.15) is 9.96 Å². The summed E-state index contributed by atoms with van der Waals surface area (Å²) in [6.07, 6.45) is 0.0825. The normalized spacial score (nSPS) is 16.0. The van der Waals surface area contributed by atoms with Gasteiger partial charge in [-0.3, -0.25) is 9.59 Å². The lowest BCUT2D eigenvalue weighted by molar-refractivity contribution is -0.133. The maximum atomic E-state index is 12.9. The van der Waals surface area contributed by atoms with Gasteiger partial charge in [-0.15, -0.1) is 11.3 Å². The molecule has 0 unspecified atom stereocenters. The van der Waals surface area contributed by atoms with E-state index in [1.807, 2.05) is 12.1 Å². The van der Waals surface area contributed by atoms with Crippen molar-refractivity contribution in [3.63, 3.8) is 0 Å². The highest BCUT2D eigenvalue weighted by molar-refractivity contribution is 7.91. The van der Waals surface area contributed by atoms with Gasteiger partial charge in [-0.1, -0.05) is 23.7 Å². The van der Waals surface area contributed by atoms with Crippen LogP contribution < -0.4 is 10.1 Å². The van der Waals surface area contributed by atoms with E-state index in [1.54, 1.807) is 30.2 Å². The maximum Gasteiger partial charge on any atom is 0.252 e. The molecule has 1 aromatic carbocycles. The van der Waals surface area contributed by atoms with Crippen molar-refractivity contribution >= 4 is 44.8 Å². The first-order chi connectivity index (χ1) is 14.7. The van der Waals surface area contributed by atoms with Crippen molar-refractivity contribution < 1.29 is 22.7 Å². The van der Waals surface area contributed by atoms with Gasteiger partial charge < -0.3 is 15.0 Å². The number of amides is 2. The first-order valence-electron chi connectivity index (χ1n) is 9.65. The highest BCUT2D eigenvalue weighted by Gasteiger charge is 2.32. The van der Waals surface area contributed by atoms with Crippen LogP contribution in [0.5, 0.6) is 5.75 Å². The second kappa shape index (κ2) is 9.99. The van der Waals surface area contributed by atoms with Crippen molar-refractivity contribution in [2.24, 2.45) is 0 Å². The third-order valence-electron chi connectivity index (χ3n) is 5.01. The van der Waals surface area contributed by atoms with E-state index in [4.69, 9.17) is 16.3 Å². The molecule has 2 amide bonds. The third kappa shape index (κ3) is 5.76. The summed E-state index contributed by atoms with van der Waals surface area (Å²) in [6.45, 7) is 2.38. The quantitative estimate of drug-likeness (QED) is 0.650. The van der Waals surface area contributed by atoms with E-state index in [0.717, 1.165) is 16.9 Å². The Morgan fingerprint density at radius 1 is 1.13 bits per heavy atom. The summed E-state index contributed by atoms with van der Waals surface area (Å²) in [5.74, 6) is 0.297. The zero-order chi connectivity index (χ0) is 22.6. The van der Waals surface area contributed by atoms with Gasteiger partial charge in [-0.2, -0.15) is 4.31 Å². The number of ether oxygens (including phenoxy) is 1. The summed E-state index contributed by atoms with van der Waals surface area (Å²) in [4.78, 5) is 26.2.